The first kappa shape index (κ1) is 14.7. The molecule has 0 radical (unpaired) electrons. The van der Waals surface area contributed by atoms with Gasteiger partial charge in [-0.05, 0) is 24.5 Å². The van der Waals surface area contributed by atoms with Crippen LogP contribution in [-0.4, -0.2) is 30.6 Å². The van der Waals surface area contributed by atoms with Crippen LogP contribution in [0.15, 0.2) is 30.6 Å². The van der Waals surface area contributed by atoms with Crippen molar-refractivity contribution < 1.29 is 19.3 Å². The van der Waals surface area contributed by atoms with Gasteiger partial charge in [-0.1, -0.05) is 6.07 Å². The lowest BCUT2D eigenvalue weighted by molar-refractivity contribution is 0.0483. The minimum Gasteiger partial charge on any atom is -0.504 e. The summed E-state index contributed by atoms with van der Waals surface area (Å²) < 4.78 is 16.3. The Labute approximate surface area is 129 Å². The lowest BCUT2D eigenvalue weighted by atomic mass is 9.94. The van der Waals surface area contributed by atoms with Gasteiger partial charge in [0.1, 0.15) is 5.75 Å². The zero-order valence-corrected chi connectivity index (χ0v) is 12.5. The number of methoxy groups -OCH3 is 1. The summed E-state index contributed by atoms with van der Waals surface area (Å²) in [5, 5.41) is 10.3. The molecular weight excluding hydrogens is 282 g/mol. The maximum atomic E-state index is 10.3. The molecule has 0 saturated carbocycles. The summed E-state index contributed by atoms with van der Waals surface area (Å²) >= 11 is 0. The number of rotatable bonds is 5. The van der Waals surface area contributed by atoms with Gasteiger partial charge in [-0.3, -0.25) is 4.98 Å². The zero-order chi connectivity index (χ0) is 15.4. The van der Waals surface area contributed by atoms with Crippen LogP contribution in [0.2, 0.25) is 0 Å². The fraction of sp³-hybridized carbons (Fsp3) is 0.353. The van der Waals surface area contributed by atoms with Crippen LogP contribution in [0.4, 0.5) is 0 Å². The number of phenolic OH excluding ortho intramolecular Hbond substituents is 1. The number of nitrogens with zero attached hydrogens (tertiary/aromatic N) is 1. The van der Waals surface area contributed by atoms with Crippen molar-refractivity contribution in [1.82, 2.24) is 4.98 Å². The van der Waals surface area contributed by atoms with Gasteiger partial charge in [0, 0.05) is 43.1 Å². The summed E-state index contributed by atoms with van der Waals surface area (Å²) in [5.74, 6) is 1.29. The highest BCUT2D eigenvalue weighted by molar-refractivity contribution is 5.58. The van der Waals surface area contributed by atoms with Gasteiger partial charge < -0.3 is 19.3 Å². The van der Waals surface area contributed by atoms with E-state index in [1.165, 1.54) is 0 Å². The van der Waals surface area contributed by atoms with Crippen molar-refractivity contribution in [2.75, 3.05) is 20.5 Å². The van der Waals surface area contributed by atoms with Crippen LogP contribution in [0.25, 0.3) is 0 Å². The second kappa shape index (κ2) is 6.66. The van der Waals surface area contributed by atoms with Gasteiger partial charge in [-0.2, -0.15) is 0 Å². The number of hydrogen-bond donors (Lipinski definition) is 1. The lowest BCUT2D eigenvalue weighted by Crippen LogP contribution is -2.13. The first-order valence-electron chi connectivity index (χ1n) is 7.30. The zero-order valence-electron chi connectivity index (χ0n) is 12.5. The minimum absolute atomic E-state index is 0.0802. The quantitative estimate of drug-likeness (QED) is 0.860. The number of fused-ring (bicyclic) bond motifs is 1. The van der Waals surface area contributed by atoms with Crippen molar-refractivity contribution in [2.45, 2.75) is 19.3 Å². The molecule has 2 aromatic rings. The highest BCUT2D eigenvalue weighted by atomic mass is 16.7. The molecule has 1 aliphatic heterocycles. The van der Waals surface area contributed by atoms with E-state index in [2.05, 4.69) is 4.98 Å². The van der Waals surface area contributed by atoms with Crippen LogP contribution >= 0.6 is 0 Å². The third kappa shape index (κ3) is 2.99. The Morgan fingerprint density at radius 1 is 1.41 bits per heavy atom. The Hall–Kier alpha value is -2.27. The molecule has 0 fully saturated rings. The average molecular weight is 301 g/mol. The Balaban J connectivity index is 2.04. The van der Waals surface area contributed by atoms with Gasteiger partial charge in [0.15, 0.2) is 18.3 Å². The molecule has 0 saturated heterocycles. The molecule has 0 bridgehead atoms. The smallest absolute Gasteiger partial charge is 0.188 e. The van der Waals surface area contributed by atoms with Gasteiger partial charge in [-0.15, -0.1) is 0 Å². The second-order valence-electron chi connectivity index (χ2n) is 5.22. The minimum atomic E-state index is 0.0802. The van der Waals surface area contributed by atoms with Crippen molar-refractivity contribution in [3.63, 3.8) is 0 Å². The number of phenols is 1. The number of benzene rings is 1. The Morgan fingerprint density at radius 3 is 3.09 bits per heavy atom. The monoisotopic (exact) mass is 301 g/mol. The van der Waals surface area contributed by atoms with E-state index in [0.717, 1.165) is 35.3 Å². The first-order chi connectivity index (χ1) is 10.8. The fourth-order valence-electron chi connectivity index (χ4n) is 2.72. The van der Waals surface area contributed by atoms with E-state index >= 15 is 0 Å². The van der Waals surface area contributed by atoms with E-state index in [1.807, 2.05) is 18.3 Å². The van der Waals surface area contributed by atoms with Gasteiger partial charge in [-0.25, -0.2) is 0 Å². The van der Waals surface area contributed by atoms with Gasteiger partial charge >= 0.3 is 0 Å². The van der Waals surface area contributed by atoms with Crippen molar-refractivity contribution in [3.05, 3.63) is 47.3 Å². The molecule has 0 unspecified atom stereocenters. The molecule has 5 heteroatoms. The Morgan fingerprint density at radius 2 is 2.32 bits per heavy atom. The molecule has 0 amide bonds. The largest absolute Gasteiger partial charge is 0.504 e. The molecule has 1 aliphatic rings. The molecule has 0 atom stereocenters. The van der Waals surface area contributed by atoms with Crippen LogP contribution in [0.1, 0.15) is 23.1 Å². The lowest BCUT2D eigenvalue weighted by Gasteiger charge is -2.23. The maximum absolute atomic E-state index is 10.3. The third-order valence-electron chi connectivity index (χ3n) is 3.69. The van der Waals surface area contributed by atoms with Gasteiger partial charge in [0.25, 0.3) is 0 Å². The SMILES string of the molecule is COCOc1c(O)cc2c(c1Cc1cccnc1)CCCO2. The normalized spacial score (nSPS) is 13.3. The third-order valence-corrected chi connectivity index (χ3v) is 3.69. The van der Waals surface area contributed by atoms with E-state index in [9.17, 15) is 5.11 Å². The molecule has 3 rings (SSSR count). The second-order valence-corrected chi connectivity index (χ2v) is 5.22. The summed E-state index contributed by atoms with van der Waals surface area (Å²) in [6.07, 6.45) is 6.07. The summed E-state index contributed by atoms with van der Waals surface area (Å²) in [7, 11) is 1.55. The van der Waals surface area contributed by atoms with E-state index < -0.39 is 0 Å². The molecule has 0 spiro atoms. The van der Waals surface area contributed by atoms with Crippen LogP contribution in [0.3, 0.4) is 0 Å². The molecule has 2 heterocycles. The first-order valence-corrected chi connectivity index (χ1v) is 7.30. The van der Waals surface area contributed by atoms with E-state index in [-0.39, 0.29) is 12.5 Å². The summed E-state index contributed by atoms with van der Waals surface area (Å²) in [4.78, 5) is 4.15. The van der Waals surface area contributed by atoms with Crippen molar-refractivity contribution in [3.8, 4) is 17.2 Å². The molecule has 116 valence electrons. The number of hydrogen-bond acceptors (Lipinski definition) is 5. The predicted molar refractivity (Wildman–Crippen MR) is 81.5 cm³/mol. The molecular formula is C17H19NO4. The maximum Gasteiger partial charge on any atom is 0.188 e. The fourth-order valence-corrected chi connectivity index (χ4v) is 2.72. The molecule has 22 heavy (non-hydrogen) atoms. The number of pyridine rings is 1. The topological polar surface area (TPSA) is 60.8 Å². The summed E-state index contributed by atoms with van der Waals surface area (Å²) in [5.41, 5.74) is 3.10. The molecule has 0 aliphatic carbocycles. The van der Waals surface area contributed by atoms with Gasteiger partial charge in [0.2, 0.25) is 0 Å². The standard InChI is InChI=1S/C17H19NO4/c1-20-11-22-17-14(8-12-4-2-6-18-10-12)13-5-3-7-21-16(13)9-15(17)19/h2,4,6,9-10,19H,3,5,7-8,11H2,1H3. The predicted octanol–water partition coefficient (Wildman–Crippen LogP) is 2.69. The van der Waals surface area contributed by atoms with Crippen molar-refractivity contribution >= 4 is 0 Å². The molecule has 1 aromatic heterocycles. The Bertz CT molecular complexity index is 643. The van der Waals surface area contributed by atoms with Crippen molar-refractivity contribution in [1.29, 1.82) is 0 Å². The highest BCUT2D eigenvalue weighted by Crippen LogP contribution is 2.42. The highest BCUT2D eigenvalue weighted by Gasteiger charge is 2.22. The van der Waals surface area contributed by atoms with Crippen LogP contribution in [-0.2, 0) is 17.6 Å². The van der Waals surface area contributed by atoms with E-state index in [4.69, 9.17) is 14.2 Å². The van der Waals surface area contributed by atoms with Crippen LogP contribution in [0.5, 0.6) is 17.2 Å². The molecule has 5 nitrogen and oxygen atoms in total. The Kier molecular flexibility index (Phi) is 4.44. The van der Waals surface area contributed by atoms with Crippen molar-refractivity contribution in [2.24, 2.45) is 0 Å². The number of aromatic hydroxyl groups is 1. The van der Waals surface area contributed by atoms with Crippen LogP contribution in [0, 0.1) is 0 Å². The number of ether oxygens (including phenoxy) is 3. The average Bonchev–Trinajstić information content (AvgIpc) is 2.55. The summed E-state index contributed by atoms with van der Waals surface area (Å²) in [6, 6.07) is 5.54. The van der Waals surface area contributed by atoms with E-state index in [0.29, 0.717) is 18.8 Å². The van der Waals surface area contributed by atoms with Crippen LogP contribution < -0.4 is 9.47 Å². The molecule has 1 aromatic carbocycles. The summed E-state index contributed by atoms with van der Waals surface area (Å²) in [6.45, 7) is 0.768. The molecule has 1 N–H and O–H groups in total. The van der Waals surface area contributed by atoms with E-state index in [1.54, 1.807) is 19.4 Å². The van der Waals surface area contributed by atoms with Gasteiger partial charge in [0.05, 0.1) is 6.61 Å². The number of aromatic nitrogens is 1.